The van der Waals surface area contributed by atoms with E-state index in [9.17, 15) is 9.59 Å². The number of anilines is 3. The van der Waals surface area contributed by atoms with Gasteiger partial charge in [-0.05, 0) is 6.08 Å². The summed E-state index contributed by atoms with van der Waals surface area (Å²) >= 11 is 13.1. The average molecular weight is 537 g/mol. The highest BCUT2D eigenvalue weighted by Gasteiger charge is 2.36. The molecule has 0 radical (unpaired) electrons. The Morgan fingerprint density at radius 3 is 2.56 bits per heavy atom. The van der Waals surface area contributed by atoms with E-state index in [4.69, 9.17) is 37.4 Å². The van der Waals surface area contributed by atoms with E-state index in [1.807, 2.05) is 0 Å². The molecule has 3 amide bonds. The van der Waals surface area contributed by atoms with Crippen LogP contribution in [0.1, 0.15) is 5.56 Å². The number of hydrogen-bond donors (Lipinski definition) is 1. The minimum atomic E-state index is -0.398. The van der Waals surface area contributed by atoms with E-state index in [1.54, 1.807) is 31.3 Å². The zero-order chi connectivity index (χ0) is 26.1. The first-order chi connectivity index (χ1) is 17.2. The summed E-state index contributed by atoms with van der Waals surface area (Å²) in [4.78, 5) is 38.8. The topological polar surface area (TPSA) is 109 Å². The number of aromatic nitrogens is 2. The van der Waals surface area contributed by atoms with E-state index in [0.717, 1.165) is 0 Å². The minimum Gasteiger partial charge on any atom is -0.495 e. The molecule has 0 saturated carbocycles. The third-order valence-corrected chi connectivity index (χ3v) is 6.94. The molecule has 1 N–H and O–H groups in total. The fourth-order valence-electron chi connectivity index (χ4n) is 4.20. The van der Waals surface area contributed by atoms with E-state index < -0.39 is 6.03 Å². The molecule has 1 saturated heterocycles. The molecule has 36 heavy (non-hydrogen) atoms. The van der Waals surface area contributed by atoms with Crippen LogP contribution in [0.5, 0.6) is 11.5 Å². The standard InChI is InChI=1S/C23H26Cl2N6O5/c1-6-17(32)29(2)14-11-36-10-13(14)27-22-26-8-12-9-31(23(33)30(3)21(12)28-22)20-18(24)15(34-4)7-16(35-5)19(20)25/h6-8,13-14H,1,9-11H2,2-5H3,(H,26,27,28). The normalized spacial score (nSPS) is 19.1. The largest absolute Gasteiger partial charge is 0.495 e. The van der Waals surface area contributed by atoms with E-state index in [2.05, 4.69) is 21.9 Å². The average Bonchev–Trinajstić information content (AvgIpc) is 3.34. The van der Waals surface area contributed by atoms with Crippen LogP contribution in [0.25, 0.3) is 0 Å². The maximum Gasteiger partial charge on any atom is 0.330 e. The van der Waals surface area contributed by atoms with Gasteiger partial charge in [0.25, 0.3) is 0 Å². The summed E-state index contributed by atoms with van der Waals surface area (Å²) in [5.41, 5.74) is 0.940. The number of fused-ring (bicyclic) bond motifs is 1. The highest BCUT2D eigenvalue weighted by atomic mass is 35.5. The van der Waals surface area contributed by atoms with Gasteiger partial charge in [0.2, 0.25) is 11.9 Å². The number of likely N-dealkylation sites (N-methyl/N-ethyl adjacent to an activating group) is 1. The molecule has 0 spiro atoms. The Bertz CT molecular complexity index is 1180. The molecular formula is C23H26Cl2N6O5. The third kappa shape index (κ3) is 4.49. The van der Waals surface area contributed by atoms with Crippen molar-refractivity contribution in [2.45, 2.75) is 18.6 Å². The first-order valence-corrected chi connectivity index (χ1v) is 11.7. The van der Waals surface area contributed by atoms with Crippen LogP contribution in [-0.4, -0.2) is 80.4 Å². The number of urea groups is 1. The lowest BCUT2D eigenvalue weighted by atomic mass is 10.1. The van der Waals surface area contributed by atoms with Gasteiger partial charge >= 0.3 is 6.03 Å². The molecule has 1 fully saturated rings. The molecule has 1 aromatic carbocycles. The molecule has 3 heterocycles. The predicted molar refractivity (Wildman–Crippen MR) is 137 cm³/mol. The van der Waals surface area contributed by atoms with Crippen molar-refractivity contribution in [3.63, 3.8) is 0 Å². The van der Waals surface area contributed by atoms with Crippen molar-refractivity contribution in [3.8, 4) is 11.5 Å². The van der Waals surface area contributed by atoms with E-state index in [0.29, 0.717) is 42.0 Å². The zero-order valence-corrected chi connectivity index (χ0v) is 21.8. The Kier molecular flexibility index (Phi) is 7.43. The van der Waals surface area contributed by atoms with Crippen molar-refractivity contribution < 1.29 is 23.8 Å². The van der Waals surface area contributed by atoms with Crippen molar-refractivity contribution in [2.24, 2.45) is 0 Å². The molecule has 1 aromatic heterocycles. The number of ether oxygens (including phenoxy) is 3. The van der Waals surface area contributed by atoms with Crippen molar-refractivity contribution in [1.82, 2.24) is 14.9 Å². The van der Waals surface area contributed by atoms with Crippen molar-refractivity contribution >= 4 is 52.6 Å². The van der Waals surface area contributed by atoms with Crippen LogP contribution in [0.15, 0.2) is 24.9 Å². The molecule has 2 unspecified atom stereocenters. The van der Waals surface area contributed by atoms with Crippen LogP contribution in [0.4, 0.5) is 22.2 Å². The molecule has 2 atom stereocenters. The number of rotatable bonds is 7. The predicted octanol–water partition coefficient (Wildman–Crippen LogP) is 3.20. The van der Waals surface area contributed by atoms with Crippen LogP contribution in [0, 0.1) is 0 Å². The first-order valence-electron chi connectivity index (χ1n) is 11.0. The van der Waals surface area contributed by atoms with Crippen LogP contribution in [0.3, 0.4) is 0 Å². The first kappa shape index (κ1) is 25.8. The Balaban J connectivity index is 1.63. The summed E-state index contributed by atoms with van der Waals surface area (Å²) in [7, 11) is 6.22. The fraction of sp³-hybridized carbons (Fsp3) is 0.391. The Hall–Kier alpha value is -3.28. The van der Waals surface area contributed by atoms with Gasteiger partial charge in [0, 0.05) is 31.9 Å². The van der Waals surface area contributed by atoms with Crippen molar-refractivity contribution in [3.05, 3.63) is 40.5 Å². The van der Waals surface area contributed by atoms with Crippen LogP contribution in [-0.2, 0) is 16.1 Å². The number of carbonyl (C=O) groups is 2. The van der Waals surface area contributed by atoms with E-state index in [1.165, 1.54) is 30.1 Å². The number of nitrogens with one attached hydrogen (secondary N) is 1. The van der Waals surface area contributed by atoms with Gasteiger partial charge in [-0.15, -0.1) is 0 Å². The van der Waals surface area contributed by atoms with Crippen LogP contribution in [0.2, 0.25) is 10.0 Å². The highest BCUT2D eigenvalue weighted by molar-refractivity contribution is 6.42. The second-order valence-electron chi connectivity index (χ2n) is 8.24. The van der Waals surface area contributed by atoms with E-state index >= 15 is 0 Å². The molecule has 192 valence electrons. The summed E-state index contributed by atoms with van der Waals surface area (Å²) in [5.74, 6) is 1.17. The second-order valence-corrected chi connectivity index (χ2v) is 8.99. The number of nitrogens with zero attached hydrogens (tertiary/aromatic N) is 5. The number of methoxy groups -OCH3 is 2. The van der Waals surface area contributed by atoms with Crippen LogP contribution < -0.4 is 24.6 Å². The van der Waals surface area contributed by atoms with Gasteiger partial charge in [-0.2, -0.15) is 4.98 Å². The summed E-state index contributed by atoms with van der Waals surface area (Å²) in [6.07, 6.45) is 2.89. The van der Waals surface area contributed by atoms with Gasteiger partial charge in [-0.25, -0.2) is 9.78 Å². The maximum atomic E-state index is 13.4. The quantitative estimate of drug-likeness (QED) is 0.537. The number of halogens is 2. The number of hydrogen-bond acceptors (Lipinski definition) is 8. The Labute approximate surface area is 218 Å². The fourth-order valence-corrected chi connectivity index (χ4v) is 4.90. The molecule has 2 aliphatic rings. The van der Waals surface area contributed by atoms with Crippen molar-refractivity contribution in [2.75, 3.05) is 56.6 Å². The van der Waals surface area contributed by atoms with Gasteiger partial charge in [-0.3, -0.25) is 14.6 Å². The number of amides is 3. The minimum absolute atomic E-state index is 0.125. The smallest absolute Gasteiger partial charge is 0.330 e. The second kappa shape index (κ2) is 10.4. The lowest BCUT2D eigenvalue weighted by Crippen LogP contribution is -2.47. The molecule has 0 bridgehead atoms. The summed E-state index contributed by atoms with van der Waals surface area (Å²) < 4.78 is 16.2. The summed E-state index contributed by atoms with van der Waals surface area (Å²) in [5, 5.41) is 3.58. The van der Waals surface area contributed by atoms with Crippen molar-refractivity contribution in [1.29, 1.82) is 0 Å². The Morgan fingerprint density at radius 1 is 1.28 bits per heavy atom. The lowest BCUT2D eigenvalue weighted by Gasteiger charge is -2.35. The molecular weight excluding hydrogens is 511 g/mol. The van der Waals surface area contributed by atoms with Gasteiger partial charge in [-0.1, -0.05) is 29.8 Å². The molecule has 0 aliphatic carbocycles. The lowest BCUT2D eigenvalue weighted by molar-refractivity contribution is -0.126. The SMILES string of the molecule is C=CC(=O)N(C)C1COCC1Nc1ncc2c(n1)N(C)C(=O)N(c1c(Cl)c(OC)cc(OC)c1Cl)C2. The molecule has 11 nitrogen and oxygen atoms in total. The molecule has 2 aliphatic heterocycles. The van der Waals surface area contributed by atoms with Gasteiger partial charge < -0.3 is 24.4 Å². The Morgan fingerprint density at radius 2 is 1.94 bits per heavy atom. The maximum absolute atomic E-state index is 13.4. The summed E-state index contributed by atoms with van der Waals surface area (Å²) in [6, 6.07) is 0.698. The van der Waals surface area contributed by atoms with Gasteiger partial charge in [0.05, 0.1) is 51.7 Å². The molecule has 4 rings (SSSR count). The van der Waals surface area contributed by atoms with Gasteiger partial charge in [0.15, 0.2) is 0 Å². The monoisotopic (exact) mass is 536 g/mol. The number of benzene rings is 1. The molecule has 13 heteroatoms. The zero-order valence-electron chi connectivity index (χ0n) is 20.2. The highest BCUT2D eigenvalue weighted by Crippen LogP contribution is 2.47. The molecule has 2 aromatic rings. The van der Waals surface area contributed by atoms with E-state index in [-0.39, 0.29) is 40.3 Å². The van der Waals surface area contributed by atoms with Crippen LogP contribution >= 0.6 is 23.2 Å². The van der Waals surface area contributed by atoms with Gasteiger partial charge in [0.1, 0.15) is 27.4 Å². The third-order valence-electron chi connectivity index (χ3n) is 6.21. The number of carbonyl (C=O) groups excluding carboxylic acids is 2. The summed E-state index contributed by atoms with van der Waals surface area (Å²) in [6.45, 7) is 4.40.